The van der Waals surface area contributed by atoms with Gasteiger partial charge in [-0.25, -0.2) is 4.79 Å². The summed E-state index contributed by atoms with van der Waals surface area (Å²) in [6, 6.07) is 9.19. The largest absolute Gasteiger partial charge is 0.428 e. The van der Waals surface area contributed by atoms with E-state index in [-0.39, 0.29) is 5.97 Å². The molecule has 2 heteroatoms. The molecule has 0 bridgehead atoms. The zero-order valence-electron chi connectivity index (χ0n) is 10.5. The molecule has 2 nitrogen and oxygen atoms in total. The van der Waals surface area contributed by atoms with Gasteiger partial charge in [0, 0.05) is 6.42 Å². The van der Waals surface area contributed by atoms with E-state index in [4.69, 9.17) is 4.74 Å². The number of rotatable bonds is 2. The van der Waals surface area contributed by atoms with Gasteiger partial charge in [0.1, 0.15) is 5.76 Å². The second-order valence-electron chi connectivity index (χ2n) is 5.48. The molecule has 0 heterocycles. The number of esters is 1. The Morgan fingerprint density at radius 3 is 2.44 bits per heavy atom. The molecule has 1 aromatic carbocycles. The van der Waals surface area contributed by atoms with Crippen molar-refractivity contribution in [3.63, 3.8) is 0 Å². The molecule has 94 valence electrons. The van der Waals surface area contributed by atoms with E-state index in [9.17, 15) is 4.79 Å². The summed E-state index contributed by atoms with van der Waals surface area (Å²) in [4.78, 5) is 11.9. The molecule has 3 rings (SSSR count). The van der Waals surface area contributed by atoms with E-state index in [1.807, 2.05) is 18.2 Å². The molecule has 1 aromatic rings. The first-order chi connectivity index (χ1) is 8.77. The van der Waals surface area contributed by atoms with Crippen molar-refractivity contribution in [1.82, 2.24) is 0 Å². The van der Waals surface area contributed by atoms with E-state index in [0.717, 1.165) is 18.6 Å². The summed E-state index contributed by atoms with van der Waals surface area (Å²) in [5.41, 5.74) is 1.19. The quantitative estimate of drug-likeness (QED) is 0.730. The van der Waals surface area contributed by atoms with Crippen LogP contribution >= 0.6 is 0 Å². The number of hydrogen-bond donors (Lipinski definition) is 0. The molecule has 0 radical (unpaired) electrons. The molecule has 1 saturated carbocycles. The maximum absolute atomic E-state index is 11.9. The van der Waals surface area contributed by atoms with Crippen LogP contribution in [0.3, 0.4) is 0 Å². The SMILES string of the molecule is O=C(OC1=CCC2(CCC2)CC1)c1ccccc1. The van der Waals surface area contributed by atoms with Crippen LogP contribution in [-0.2, 0) is 4.74 Å². The van der Waals surface area contributed by atoms with Crippen molar-refractivity contribution >= 4 is 5.97 Å². The van der Waals surface area contributed by atoms with Crippen LogP contribution < -0.4 is 0 Å². The molecule has 0 amide bonds. The number of hydrogen-bond acceptors (Lipinski definition) is 2. The first kappa shape index (κ1) is 11.5. The molecule has 1 fully saturated rings. The fourth-order valence-electron chi connectivity index (χ4n) is 2.90. The van der Waals surface area contributed by atoms with E-state index in [0.29, 0.717) is 11.0 Å². The molecule has 2 aliphatic rings. The Balaban J connectivity index is 1.62. The average Bonchev–Trinajstić information content (AvgIpc) is 2.39. The second kappa shape index (κ2) is 4.60. The Bertz CT molecular complexity index is 469. The number of ether oxygens (including phenoxy) is 1. The van der Waals surface area contributed by atoms with Crippen molar-refractivity contribution in [3.05, 3.63) is 47.7 Å². The highest BCUT2D eigenvalue weighted by atomic mass is 16.5. The van der Waals surface area contributed by atoms with Gasteiger partial charge in [0.2, 0.25) is 0 Å². The monoisotopic (exact) mass is 242 g/mol. The zero-order chi connectivity index (χ0) is 12.4. The molecule has 0 N–H and O–H groups in total. The van der Waals surface area contributed by atoms with Gasteiger partial charge in [-0.1, -0.05) is 24.6 Å². The van der Waals surface area contributed by atoms with Gasteiger partial charge in [0.15, 0.2) is 0 Å². The van der Waals surface area contributed by atoms with Crippen molar-refractivity contribution in [2.24, 2.45) is 5.41 Å². The van der Waals surface area contributed by atoms with Gasteiger partial charge in [-0.05, 0) is 49.3 Å². The zero-order valence-corrected chi connectivity index (χ0v) is 10.5. The van der Waals surface area contributed by atoms with Crippen LogP contribution in [0.25, 0.3) is 0 Å². The number of allylic oxidation sites excluding steroid dienone is 2. The van der Waals surface area contributed by atoms with Gasteiger partial charge >= 0.3 is 5.97 Å². The van der Waals surface area contributed by atoms with Gasteiger partial charge in [0.05, 0.1) is 5.56 Å². The standard InChI is InChI=1S/C16H18O2/c17-15(13-5-2-1-3-6-13)18-14-7-11-16(12-8-14)9-4-10-16/h1-3,5-7H,4,8-12H2. The lowest BCUT2D eigenvalue weighted by Crippen LogP contribution is -2.31. The molecular weight excluding hydrogens is 224 g/mol. The van der Waals surface area contributed by atoms with Crippen LogP contribution in [0.15, 0.2) is 42.2 Å². The van der Waals surface area contributed by atoms with E-state index in [1.165, 1.54) is 25.7 Å². The first-order valence-corrected chi connectivity index (χ1v) is 6.74. The summed E-state index contributed by atoms with van der Waals surface area (Å²) in [7, 11) is 0. The third-order valence-electron chi connectivity index (χ3n) is 4.31. The smallest absolute Gasteiger partial charge is 0.343 e. The van der Waals surface area contributed by atoms with E-state index >= 15 is 0 Å². The summed E-state index contributed by atoms with van der Waals surface area (Å²) in [6.45, 7) is 0. The third-order valence-corrected chi connectivity index (χ3v) is 4.31. The van der Waals surface area contributed by atoms with Gasteiger partial charge in [-0.15, -0.1) is 0 Å². The minimum atomic E-state index is -0.230. The topological polar surface area (TPSA) is 26.3 Å². The third kappa shape index (κ3) is 2.20. The van der Waals surface area contributed by atoms with Crippen LogP contribution in [0.1, 0.15) is 48.9 Å². The average molecular weight is 242 g/mol. The van der Waals surface area contributed by atoms with E-state index < -0.39 is 0 Å². The fraction of sp³-hybridized carbons (Fsp3) is 0.438. The predicted octanol–water partition coefficient (Wildman–Crippen LogP) is 4.08. The van der Waals surface area contributed by atoms with Crippen LogP contribution in [0, 0.1) is 5.41 Å². The highest BCUT2D eigenvalue weighted by molar-refractivity contribution is 5.89. The molecule has 2 aliphatic carbocycles. The Morgan fingerprint density at radius 1 is 1.11 bits per heavy atom. The van der Waals surface area contributed by atoms with Crippen molar-refractivity contribution in [2.45, 2.75) is 38.5 Å². The first-order valence-electron chi connectivity index (χ1n) is 6.74. The summed E-state index contributed by atoms with van der Waals surface area (Å²) in [6.07, 6.45) is 9.38. The summed E-state index contributed by atoms with van der Waals surface area (Å²) in [5, 5.41) is 0. The Labute approximate surface area is 108 Å². The minimum Gasteiger partial charge on any atom is -0.428 e. The van der Waals surface area contributed by atoms with Gasteiger partial charge in [-0.3, -0.25) is 0 Å². The van der Waals surface area contributed by atoms with Crippen LogP contribution in [0.4, 0.5) is 0 Å². The lowest BCUT2D eigenvalue weighted by atomic mass is 9.62. The fourth-order valence-corrected chi connectivity index (χ4v) is 2.90. The van der Waals surface area contributed by atoms with Gasteiger partial charge in [-0.2, -0.15) is 0 Å². The van der Waals surface area contributed by atoms with Gasteiger partial charge < -0.3 is 4.74 Å². The van der Waals surface area contributed by atoms with E-state index in [2.05, 4.69) is 6.08 Å². The molecule has 0 saturated heterocycles. The maximum atomic E-state index is 11.9. The van der Waals surface area contributed by atoms with Crippen molar-refractivity contribution < 1.29 is 9.53 Å². The Morgan fingerprint density at radius 2 is 1.89 bits per heavy atom. The van der Waals surface area contributed by atoms with Crippen LogP contribution in [0.2, 0.25) is 0 Å². The predicted molar refractivity (Wildman–Crippen MR) is 70.1 cm³/mol. The molecular formula is C16H18O2. The summed E-state index contributed by atoms with van der Waals surface area (Å²) >= 11 is 0. The normalized spacial score (nSPS) is 21.0. The second-order valence-corrected chi connectivity index (χ2v) is 5.48. The van der Waals surface area contributed by atoms with Crippen molar-refractivity contribution in [1.29, 1.82) is 0 Å². The number of carbonyl (C=O) groups excluding carboxylic acids is 1. The highest BCUT2D eigenvalue weighted by Crippen LogP contribution is 2.50. The lowest BCUT2D eigenvalue weighted by molar-refractivity contribution is 0.0545. The molecule has 0 aliphatic heterocycles. The highest BCUT2D eigenvalue weighted by Gasteiger charge is 2.38. The molecule has 0 aromatic heterocycles. The van der Waals surface area contributed by atoms with Crippen molar-refractivity contribution in [2.75, 3.05) is 0 Å². The molecule has 0 atom stereocenters. The Kier molecular flexibility index (Phi) is 2.94. The minimum absolute atomic E-state index is 0.230. The van der Waals surface area contributed by atoms with Crippen LogP contribution in [-0.4, -0.2) is 5.97 Å². The van der Waals surface area contributed by atoms with E-state index in [1.54, 1.807) is 12.1 Å². The van der Waals surface area contributed by atoms with Gasteiger partial charge in [0.25, 0.3) is 0 Å². The Hall–Kier alpha value is -1.57. The molecule has 0 unspecified atom stereocenters. The number of carbonyl (C=O) groups is 1. The lowest BCUT2D eigenvalue weighted by Gasteiger charge is -2.43. The van der Waals surface area contributed by atoms with Crippen molar-refractivity contribution in [3.8, 4) is 0 Å². The van der Waals surface area contributed by atoms with Crippen LogP contribution in [0.5, 0.6) is 0 Å². The summed E-state index contributed by atoms with van der Waals surface area (Å²) in [5.74, 6) is 0.632. The summed E-state index contributed by atoms with van der Waals surface area (Å²) < 4.78 is 5.46. The number of benzene rings is 1. The molecule has 1 spiro atoms. The maximum Gasteiger partial charge on any atom is 0.343 e. The molecule has 18 heavy (non-hydrogen) atoms.